The van der Waals surface area contributed by atoms with E-state index in [9.17, 15) is 4.79 Å². The zero-order chi connectivity index (χ0) is 12.7. The number of alkyl halides is 1. The molecule has 1 heterocycles. The number of aryl methyl sites for hydroxylation is 1. The molecule has 3 nitrogen and oxygen atoms in total. The van der Waals surface area contributed by atoms with Gasteiger partial charge >= 0.3 is 0 Å². The van der Waals surface area contributed by atoms with Crippen molar-refractivity contribution in [3.63, 3.8) is 0 Å². The Balaban J connectivity index is 2.36. The Morgan fingerprint density at radius 1 is 1.53 bits per heavy atom. The Morgan fingerprint density at radius 3 is 2.88 bits per heavy atom. The molecule has 96 valence electrons. The Morgan fingerprint density at radius 2 is 2.29 bits per heavy atom. The first-order valence-corrected chi connectivity index (χ1v) is 7.39. The highest BCUT2D eigenvalue weighted by molar-refractivity contribution is 7.99. The molecule has 0 aliphatic heterocycles. The van der Waals surface area contributed by atoms with Crippen LogP contribution in [0, 0.1) is 6.92 Å². The third-order valence-electron chi connectivity index (χ3n) is 2.27. The molecule has 1 aromatic heterocycles. The topological polar surface area (TPSA) is 42.2 Å². The average Bonchev–Trinajstić information content (AvgIpc) is 2.70. The van der Waals surface area contributed by atoms with E-state index >= 15 is 0 Å². The number of halogens is 1. The molecule has 17 heavy (non-hydrogen) atoms. The van der Waals surface area contributed by atoms with E-state index < -0.39 is 0 Å². The quantitative estimate of drug-likeness (QED) is 0.614. The lowest BCUT2D eigenvalue weighted by Gasteiger charge is -2.02. The van der Waals surface area contributed by atoms with E-state index in [-0.39, 0.29) is 5.91 Å². The van der Waals surface area contributed by atoms with Crippen LogP contribution in [0.25, 0.3) is 0 Å². The van der Waals surface area contributed by atoms with E-state index in [2.05, 4.69) is 12.2 Å². The third-order valence-corrected chi connectivity index (χ3v) is 3.75. The minimum absolute atomic E-state index is 0.165. The van der Waals surface area contributed by atoms with Crippen LogP contribution in [0.1, 0.15) is 35.2 Å². The van der Waals surface area contributed by atoms with Gasteiger partial charge in [-0.05, 0) is 25.2 Å². The zero-order valence-electron chi connectivity index (χ0n) is 10.2. The molecule has 1 N–H and O–H groups in total. The van der Waals surface area contributed by atoms with Crippen LogP contribution < -0.4 is 5.32 Å². The summed E-state index contributed by atoms with van der Waals surface area (Å²) in [5.41, 5.74) is 0.872. The lowest BCUT2D eigenvalue weighted by molar-refractivity contribution is 0.0927. The number of hydrogen-bond donors (Lipinski definition) is 1. The van der Waals surface area contributed by atoms with Crippen molar-refractivity contribution in [1.82, 2.24) is 5.32 Å². The zero-order valence-corrected chi connectivity index (χ0v) is 11.8. The fraction of sp³-hybridized carbons (Fsp3) is 0.583. The Labute approximate surface area is 111 Å². The molecular weight excluding hydrogens is 258 g/mol. The van der Waals surface area contributed by atoms with Crippen molar-refractivity contribution >= 4 is 29.3 Å². The molecule has 0 atom stereocenters. The maximum Gasteiger partial charge on any atom is 0.287 e. The van der Waals surface area contributed by atoms with E-state index in [0.29, 0.717) is 23.9 Å². The van der Waals surface area contributed by atoms with Gasteiger partial charge < -0.3 is 9.73 Å². The molecule has 0 fully saturated rings. The van der Waals surface area contributed by atoms with Gasteiger partial charge in [0.05, 0.1) is 5.88 Å². The molecule has 5 heteroatoms. The van der Waals surface area contributed by atoms with Crippen LogP contribution in [0.15, 0.2) is 10.5 Å². The summed E-state index contributed by atoms with van der Waals surface area (Å²) in [4.78, 5) is 11.7. The van der Waals surface area contributed by atoms with Crippen LogP contribution in [0.3, 0.4) is 0 Å². The van der Waals surface area contributed by atoms with Gasteiger partial charge in [-0.1, -0.05) is 6.92 Å². The first-order chi connectivity index (χ1) is 8.19. The maximum atomic E-state index is 11.7. The summed E-state index contributed by atoms with van der Waals surface area (Å²) in [6.07, 6.45) is 1.16. The number of amides is 1. The molecule has 0 bridgehead atoms. The molecule has 0 aromatic carbocycles. The normalized spacial score (nSPS) is 10.5. The fourth-order valence-corrected chi connectivity index (χ4v) is 2.34. The molecule has 0 saturated carbocycles. The van der Waals surface area contributed by atoms with E-state index in [1.54, 1.807) is 6.07 Å². The van der Waals surface area contributed by atoms with Gasteiger partial charge in [-0.15, -0.1) is 11.6 Å². The third kappa shape index (κ3) is 4.64. The summed E-state index contributed by atoms with van der Waals surface area (Å²) >= 11 is 7.55. The fourth-order valence-electron chi connectivity index (χ4n) is 1.33. The van der Waals surface area contributed by atoms with E-state index in [4.69, 9.17) is 16.0 Å². The molecule has 0 unspecified atom stereocenters. The first-order valence-electron chi connectivity index (χ1n) is 5.70. The first kappa shape index (κ1) is 14.5. The predicted octanol–water partition coefficient (Wildman–Crippen LogP) is 3.20. The summed E-state index contributed by atoms with van der Waals surface area (Å²) in [7, 11) is 0. The number of rotatable bonds is 7. The maximum absolute atomic E-state index is 11.7. The molecule has 0 aliphatic carbocycles. The van der Waals surface area contributed by atoms with Crippen LogP contribution in [0.4, 0.5) is 0 Å². The van der Waals surface area contributed by atoms with Crippen LogP contribution in [-0.2, 0) is 5.88 Å². The number of carbonyl (C=O) groups is 1. The summed E-state index contributed by atoms with van der Waals surface area (Å²) in [6.45, 7) is 4.62. The van der Waals surface area contributed by atoms with E-state index in [1.165, 1.54) is 0 Å². The highest BCUT2D eigenvalue weighted by Crippen LogP contribution is 2.16. The highest BCUT2D eigenvalue weighted by Gasteiger charge is 2.13. The molecule has 0 spiro atoms. The van der Waals surface area contributed by atoms with Gasteiger partial charge in [0.2, 0.25) is 0 Å². The SMILES string of the molecule is CCCSCCNC(=O)c1cc(CCl)c(C)o1. The second kappa shape index (κ2) is 7.67. The lowest BCUT2D eigenvalue weighted by Crippen LogP contribution is -2.25. The number of furan rings is 1. The number of thioether (sulfide) groups is 1. The molecule has 0 aliphatic rings. The number of nitrogens with one attached hydrogen (secondary N) is 1. The van der Waals surface area contributed by atoms with Gasteiger partial charge in [0.1, 0.15) is 5.76 Å². The van der Waals surface area contributed by atoms with Crippen LogP contribution in [0.5, 0.6) is 0 Å². The van der Waals surface area contributed by atoms with Crippen LogP contribution in [-0.4, -0.2) is 24.0 Å². The smallest absolute Gasteiger partial charge is 0.287 e. The van der Waals surface area contributed by atoms with Crippen LogP contribution >= 0.6 is 23.4 Å². The van der Waals surface area contributed by atoms with Crippen molar-refractivity contribution in [3.05, 3.63) is 23.2 Å². The van der Waals surface area contributed by atoms with Crippen molar-refractivity contribution in [2.75, 3.05) is 18.1 Å². The standard InChI is InChI=1S/C12H18ClNO2S/c1-3-5-17-6-4-14-12(15)11-7-10(8-13)9(2)16-11/h7H,3-6,8H2,1-2H3,(H,14,15). The molecule has 1 rings (SSSR count). The van der Waals surface area contributed by atoms with Gasteiger partial charge in [-0.25, -0.2) is 0 Å². The molecule has 0 radical (unpaired) electrons. The van der Waals surface area contributed by atoms with Crippen LogP contribution in [0.2, 0.25) is 0 Å². The second-order valence-electron chi connectivity index (χ2n) is 3.69. The Hall–Kier alpha value is -0.610. The number of carbonyl (C=O) groups excluding carboxylic acids is 1. The van der Waals surface area contributed by atoms with Crippen molar-refractivity contribution in [1.29, 1.82) is 0 Å². The van der Waals surface area contributed by atoms with E-state index in [1.807, 2.05) is 18.7 Å². The lowest BCUT2D eigenvalue weighted by atomic mass is 10.3. The molecule has 1 amide bonds. The van der Waals surface area contributed by atoms with Crippen molar-refractivity contribution in [2.45, 2.75) is 26.1 Å². The summed E-state index contributed by atoms with van der Waals surface area (Å²) in [5, 5.41) is 2.83. The van der Waals surface area contributed by atoms with E-state index in [0.717, 1.165) is 23.5 Å². The van der Waals surface area contributed by atoms with Crippen molar-refractivity contribution < 1.29 is 9.21 Å². The molecular formula is C12H18ClNO2S. The Kier molecular flexibility index (Phi) is 6.52. The van der Waals surface area contributed by atoms with Crippen molar-refractivity contribution in [3.8, 4) is 0 Å². The minimum Gasteiger partial charge on any atom is -0.456 e. The van der Waals surface area contributed by atoms with Gasteiger partial charge in [0, 0.05) is 17.9 Å². The van der Waals surface area contributed by atoms with Gasteiger partial charge in [0.25, 0.3) is 5.91 Å². The molecule has 0 saturated heterocycles. The highest BCUT2D eigenvalue weighted by atomic mass is 35.5. The summed E-state index contributed by atoms with van der Waals surface area (Å²) < 4.78 is 5.34. The number of hydrogen-bond acceptors (Lipinski definition) is 3. The van der Waals surface area contributed by atoms with Crippen molar-refractivity contribution in [2.24, 2.45) is 0 Å². The van der Waals surface area contributed by atoms with Gasteiger partial charge in [-0.2, -0.15) is 11.8 Å². The average molecular weight is 276 g/mol. The Bertz CT molecular complexity index is 365. The molecule has 1 aromatic rings. The van der Waals surface area contributed by atoms with Gasteiger partial charge in [-0.3, -0.25) is 4.79 Å². The monoisotopic (exact) mass is 275 g/mol. The predicted molar refractivity (Wildman–Crippen MR) is 73.0 cm³/mol. The minimum atomic E-state index is -0.165. The van der Waals surface area contributed by atoms with Gasteiger partial charge in [0.15, 0.2) is 5.76 Å². The summed E-state index contributed by atoms with van der Waals surface area (Å²) in [6, 6.07) is 1.71. The summed E-state index contributed by atoms with van der Waals surface area (Å²) in [5.74, 6) is 3.33. The largest absolute Gasteiger partial charge is 0.456 e. The second-order valence-corrected chi connectivity index (χ2v) is 5.19.